The second-order valence-electron chi connectivity index (χ2n) is 4.65. The summed E-state index contributed by atoms with van der Waals surface area (Å²) in [5.74, 6) is -0.153. The second-order valence-corrected chi connectivity index (χ2v) is 5.63. The summed E-state index contributed by atoms with van der Waals surface area (Å²) in [6, 6.07) is 7.90. The fourth-order valence-corrected chi connectivity index (χ4v) is 3.19. The van der Waals surface area contributed by atoms with Crippen molar-refractivity contribution < 1.29 is 9.53 Å². The summed E-state index contributed by atoms with van der Waals surface area (Å²) >= 11 is 1.61. The third-order valence-electron chi connectivity index (χ3n) is 3.44. The molecule has 1 aromatic heterocycles. The van der Waals surface area contributed by atoms with Crippen molar-refractivity contribution in [3.63, 3.8) is 0 Å². The summed E-state index contributed by atoms with van der Waals surface area (Å²) in [5, 5.41) is 2.97. The first kappa shape index (κ1) is 13.1. The van der Waals surface area contributed by atoms with Crippen molar-refractivity contribution in [3.8, 4) is 0 Å². The van der Waals surface area contributed by atoms with Gasteiger partial charge in [-0.2, -0.15) is 0 Å². The van der Waals surface area contributed by atoms with Gasteiger partial charge in [0.1, 0.15) is 11.0 Å². The summed E-state index contributed by atoms with van der Waals surface area (Å²) < 4.78 is 5.21. The van der Waals surface area contributed by atoms with Crippen LogP contribution in [0.15, 0.2) is 35.8 Å². The summed E-state index contributed by atoms with van der Waals surface area (Å²) in [6.45, 7) is 2.90. The number of nitrogens with zero attached hydrogens (tertiary/aromatic N) is 2. The van der Waals surface area contributed by atoms with E-state index in [1.165, 1.54) is 5.56 Å². The van der Waals surface area contributed by atoms with Crippen LogP contribution in [0, 0.1) is 0 Å². The summed E-state index contributed by atoms with van der Waals surface area (Å²) in [4.78, 5) is 18.6. The predicted octanol–water partition coefficient (Wildman–Crippen LogP) is 2.64. The van der Waals surface area contributed by atoms with Crippen molar-refractivity contribution in [1.82, 2.24) is 4.98 Å². The average molecular weight is 288 g/mol. The van der Waals surface area contributed by atoms with E-state index in [4.69, 9.17) is 4.74 Å². The van der Waals surface area contributed by atoms with E-state index in [1.807, 2.05) is 24.4 Å². The fraction of sp³-hybridized carbons (Fsp3) is 0.333. The molecule has 0 aliphatic carbocycles. The van der Waals surface area contributed by atoms with Crippen LogP contribution in [0.4, 0.5) is 5.69 Å². The molecule has 0 saturated carbocycles. The third kappa shape index (κ3) is 2.41. The van der Waals surface area contributed by atoms with E-state index in [0.717, 1.165) is 10.7 Å². The molecular formula is C15H16N2O2S. The Morgan fingerprint density at radius 2 is 2.35 bits per heavy atom. The Morgan fingerprint density at radius 1 is 1.50 bits per heavy atom. The van der Waals surface area contributed by atoms with Gasteiger partial charge >= 0.3 is 5.97 Å². The number of hydrogen-bond donors (Lipinski definition) is 0. The van der Waals surface area contributed by atoms with Gasteiger partial charge in [0, 0.05) is 23.7 Å². The number of para-hydroxylation sites is 1. The number of carbonyl (C=O) groups excluding carboxylic acids is 1. The number of hydrogen-bond acceptors (Lipinski definition) is 5. The fourth-order valence-electron chi connectivity index (χ4n) is 2.57. The lowest BCUT2D eigenvalue weighted by molar-refractivity contribution is -0.144. The van der Waals surface area contributed by atoms with E-state index in [9.17, 15) is 4.79 Å². The van der Waals surface area contributed by atoms with Crippen LogP contribution >= 0.6 is 11.3 Å². The lowest BCUT2D eigenvalue weighted by Gasteiger charge is -2.25. The first-order chi connectivity index (χ1) is 9.79. The zero-order valence-corrected chi connectivity index (χ0v) is 12.1. The summed E-state index contributed by atoms with van der Waals surface area (Å²) in [5.41, 5.74) is 2.31. The molecule has 1 unspecified atom stereocenters. The minimum absolute atomic E-state index is 0.153. The van der Waals surface area contributed by atoms with E-state index >= 15 is 0 Å². The van der Waals surface area contributed by atoms with Crippen molar-refractivity contribution in [2.45, 2.75) is 25.9 Å². The van der Waals surface area contributed by atoms with Crippen molar-refractivity contribution in [3.05, 3.63) is 46.4 Å². The van der Waals surface area contributed by atoms with E-state index in [0.29, 0.717) is 19.6 Å². The molecule has 20 heavy (non-hydrogen) atoms. The van der Waals surface area contributed by atoms with Gasteiger partial charge in [-0.3, -0.25) is 0 Å². The molecule has 0 bridgehead atoms. The number of benzene rings is 1. The topological polar surface area (TPSA) is 42.4 Å². The number of fused-ring (bicyclic) bond motifs is 1. The first-order valence-electron chi connectivity index (χ1n) is 6.69. The maximum absolute atomic E-state index is 12.2. The van der Waals surface area contributed by atoms with Gasteiger partial charge in [0.05, 0.1) is 13.2 Å². The monoisotopic (exact) mass is 288 g/mol. The highest BCUT2D eigenvalue weighted by Crippen LogP contribution is 2.34. The molecule has 1 aliphatic rings. The number of esters is 1. The van der Waals surface area contributed by atoms with Gasteiger partial charge in [-0.25, -0.2) is 9.78 Å². The molecular weight excluding hydrogens is 272 g/mol. The van der Waals surface area contributed by atoms with Crippen LogP contribution in [-0.2, 0) is 22.5 Å². The zero-order chi connectivity index (χ0) is 13.9. The van der Waals surface area contributed by atoms with Gasteiger partial charge < -0.3 is 9.64 Å². The van der Waals surface area contributed by atoms with Crippen molar-refractivity contribution >= 4 is 23.0 Å². The number of ether oxygens (including phenoxy) is 1. The largest absolute Gasteiger partial charge is 0.464 e. The van der Waals surface area contributed by atoms with Gasteiger partial charge in [0.2, 0.25) is 0 Å². The Bertz CT molecular complexity index is 598. The molecule has 2 aromatic rings. The number of thiazole rings is 1. The van der Waals surface area contributed by atoms with Crippen LogP contribution in [0.5, 0.6) is 0 Å². The van der Waals surface area contributed by atoms with Gasteiger partial charge in [0.25, 0.3) is 0 Å². The van der Waals surface area contributed by atoms with Crippen LogP contribution < -0.4 is 4.90 Å². The van der Waals surface area contributed by atoms with Crippen LogP contribution in [0.1, 0.15) is 17.5 Å². The maximum atomic E-state index is 12.2. The van der Waals surface area contributed by atoms with E-state index in [-0.39, 0.29) is 12.0 Å². The van der Waals surface area contributed by atoms with Crippen LogP contribution in [0.25, 0.3) is 0 Å². The first-order valence-corrected chi connectivity index (χ1v) is 7.57. The third-order valence-corrected chi connectivity index (χ3v) is 4.20. The van der Waals surface area contributed by atoms with E-state index in [1.54, 1.807) is 17.5 Å². The van der Waals surface area contributed by atoms with Gasteiger partial charge in [-0.15, -0.1) is 11.3 Å². The molecule has 3 rings (SSSR count). The Balaban J connectivity index is 1.89. The van der Waals surface area contributed by atoms with Gasteiger partial charge in [-0.1, -0.05) is 18.2 Å². The zero-order valence-electron chi connectivity index (χ0n) is 11.3. The van der Waals surface area contributed by atoms with Crippen molar-refractivity contribution in [2.24, 2.45) is 0 Å². The highest BCUT2D eigenvalue weighted by atomic mass is 32.1. The number of rotatable bonds is 4. The summed E-state index contributed by atoms with van der Waals surface area (Å²) in [7, 11) is 0. The van der Waals surface area contributed by atoms with Crippen molar-refractivity contribution in [2.75, 3.05) is 11.5 Å². The maximum Gasteiger partial charge on any atom is 0.329 e. The number of aromatic nitrogens is 1. The molecule has 104 valence electrons. The lowest BCUT2D eigenvalue weighted by atomic mass is 10.1. The Morgan fingerprint density at radius 3 is 3.10 bits per heavy atom. The molecule has 2 heterocycles. The van der Waals surface area contributed by atoms with E-state index < -0.39 is 0 Å². The minimum Gasteiger partial charge on any atom is -0.464 e. The van der Waals surface area contributed by atoms with Crippen LogP contribution in [0.3, 0.4) is 0 Å². The van der Waals surface area contributed by atoms with Crippen molar-refractivity contribution in [1.29, 1.82) is 0 Å². The molecule has 4 nitrogen and oxygen atoms in total. The normalized spacial score (nSPS) is 17.1. The minimum atomic E-state index is -0.240. The van der Waals surface area contributed by atoms with Crippen LogP contribution in [0.2, 0.25) is 0 Å². The molecule has 0 radical (unpaired) electrons. The van der Waals surface area contributed by atoms with Gasteiger partial charge in [-0.05, 0) is 18.6 Å². The standard InChI is InChI=1S/C15H16N2O2S/c1-2-19-15(18)13-9-11-5-3-4-6-12(11)17(13)10-14-16-7-8-20-14/h3-8,13H,2,9-10H2,1H3. The molecule has 0 fully saturated rings. The Labute approximate surface area is 122 Å². The molecule has 0 saturated heterocycles. The van der Waals surface area contributed by atoms with Gasteiger partial charge in [0.15, 0.2) is 0 Å². The molecule has 0 N–H and O–H groups in total. The highest BCUT2D eigenvalue weighted by Gasteiger charge is 2.35. The predicted molar refractivity (Wildman–Crippen MR) is 78.9 cm³/mol. The van der Waals surface area contributed by atoms with Crippen LogP contribution in [-0.4, -0.2) is 23.6 Å². The number of anilines is 1. The Hall–Kier alpha value is -1.88. The molecule has 5 heteroatoms. The van der Waals surface area contributed by atoms with E-state index in [2.05, 4.69) is 22.0 Å². The smallest absolute Gasteiger partial charge is 0.329 e. The molecule has 1 aromatic carbocycles. The average Bonchev–Trinajstić information content (AvgIpc) is 3.08. The molecule has 1 atom stereocenters. The summed E-state index contributed by atoms with van der Waals surface area (Å²) in [6.07, 6.45) is 2.50. The molecule has 0 spiro atoms. The second kappa shape index (κ2) is 5.63. The molecule has 0 amide bonds. The SMILES string of the molecule is CCOC(=O)C1Cc2ccccc2N1Cc1nccs1. The quantitative estimate of drug-likeness (QED) is 0.811. The number of carbonyl (C=O) groups is 1. The highest BCUT2D eigenvalue weighted by molar-refractivity contribution is 7.09. The lowest BCUT2D eigenvalue weighted by Crippen LogP contribution is -2.39. The Kier molecular flexibility index (Phi) is 3.69. The molecule has 1 aliphatic heterocycles.